The number of nitrogens with zero attached hydrogens (tertiary/aromatic N) is 1. The van der Waals surface area contributed by atoms with E-state index in [4.69, 9.17) is 0 Å². The van der Waals surface area contributed by atoms with Crippen LogP contribution in [0.15, 0.2) is 36.4 Å². The Kier molecular flexibility index (Phi) is 2.14. The lowest BCUT2D eigenvalue weighted by Gasteiger charge is -1.94. The van der Waals surface area contributed by atoms with Gasteiger partial charge in [-0.05, 0) is 36.4 Å². The van der Waals surface area contributed by atoms with Crippen molar-refractivity contribution >= 4 is 44.7 Å². The summed E-state index contributed by atoms with van der Waals surface area (Å²) < 4.78 is 28.2. The standard InChI is InChI=1S/C12H6F2IN/c13-7-1-3-11-9(5-7)10-6-8(14)2-4-12(10)16(11)15/h1-6H. The Hall–Kier alpha value is -1.17. The Morgan fingerprint density at radius 3 is 1.69 bits per heavy atom. The highest BCUT2D eigenvalue weighted by Gasteiger charge is 2.10. The van der Waals surface area contributed by atoms with E-state index < -0.39 is 0 Å². The smallest absolute Gasteiger partial charge is 0.123 e. The highest BCUT2D eigenvalue weighted by atomic mass is 127. The molecule has 0 N–H and O–H groups in total. The zero-order valence-electron chi connectivity index (χ0n) is 8.05. The molecule has 0 fully saturated rings. The van der Waals surface area contributed by atoms with Gasteiger partial charge in [0.25, 0.3) is 0 Å². The summed E-state index contributed by atoms with van der Waals surface area (Å²) in [4.78, 5) is 0. The minimum atomic E-state index is -0.305. The minimum Gasteiger partial charge on any atom is -0.282 e. The van der Waals surface area contributed by atoms with Crippen LogP contribution in [-0.4, -0.2) is 2.78 Å². The number of fused-ring (bicyclic) bond motifs is 3. The normalized spacial score (nSPS) is 11.4. The summed E-state index contributed by atoms with van der Waals surface area (Å²) in [6.07, 6.45) is 0. The van der Waals surface area contributed by atoms with Gasteiger partial charge in [-0.2, -0.15) is 0 Å². The van der Waals surface area contributed by atoms with Crippen LogP contribution in [-0.2, 0) is 0 Å². The summed E-state index contributed by atoms with van der Waals surface area (Å²) in [6, 6.07) is 9.10. The van der Waals surface area contributed by atoms with Crippen LogP contribution in [0.3, 0.4) is 0 Å². The van der Waals surface area contributed by atoms with Crippen molar-refractivity contribution in [3.05, 3.63) is 48.0 Å². The van der Waals surface area contributed by atoms with Gasteiger partial charge in [0.15, 0.2) is 0 Å². The molecule has 0 radical (unpaired) electrons. The van der Waals surface area contributed by atoms with E-state index in [1.165, 1.54) is 24.3 Å². The third kappa shape index (κ3) is 1.32. The first-order valence-corrected chi connectivity index (χ1v) is 5.69. The van der Waals surface area contributed by atoms with Gasteiger partial charge in [-0.25, -0.2) is 8.78 Å². The zero-order chi connectivity index (χ0) is 11.3. The predicted octanol–water partition coefficient (Wildman–Crippen LogP) is 4.27. The molecule has 0 spiro atoms. The van der Waals surface area contributed by atoms with Crippen molar-refractivity contribution in [1.82, 2.24) is 2.78 Å². The summed E-state index contributed by atoms with van der Waals surface area (Å²) in [5.74, 6) is -0.610. The monoisotopic (exact) mass is 329 g/mol. The first kappa shape index (κ1) is 10.0. The molecule has 0 saturated heterocycles. The third-order valence-corrected chi connectivity index (χ3v) is 3.67. The first-order chi connectivity index (χ1) is 7.66. The molecular weight excluding hydrogens is 323 g/mol. The molecule has 3 aromatic rings. The molecule has 3 rings (SSSR count). The molecule has 1 aromatic heterocycles. The molecule has 0 aliphatic rings. The number of aromatic nitrogens is 1. The fourth-order valence-electron chi connectivity index (χ4n) is 1.92. The maximum absolute atomic E-state index is 13.2. The molecule has 16 heavy (non-hydrogen) atoms. The molecule has 1 heterocycles. The lowest BCUT2D eigenvalue weighted by molar-refractivity contribution is 0.628. The number of hydrogen-bond acceptors (Lipinski definition) is 0. The number of rotatable bonds is 0. The van der Waals surface area contributed by atoms with Crippen LogP contribution in [0.4, 0.5) is 8.78 Å². The lowest BCUT2D eigenvalue weighted by atomic mass is 10.1. The van der Waals surface area contributed by atoms with Crippen molar-refractivity contribution in [3.63, 3.8) is 0 Å². The van der Waals surface area contributed by atoms with Crippen LogP contribution in [0.25, 0.3) is 21.8 Å². The fourth-order valence-corrected chi connectivity index (χ4v) is 2.76. The molecular formula is C12H6F2IN. The maximum atomic E-state index is 13.2. The predicted molar refractivity (Wildman–Crippen MR) is 68.8 cm³/mol. The van der Waals surface area contributed by atoms with E-state index in [1.807, 2.05) is 2.78 Å². The molecule has 0 amide bonds. The fraction of sp³-hybridized carbons (Fsp3) is 0. The average Bonchev–Trinajstić information content (AvgIpc) is 2.52. The lowest BCUT2D eigenvalue weighted by Crippen LogP contribution is -1.78. The SMILES string of the molecule is Fc1ccc2c(c1)c1cc(F)ccc1n2I. The second-order valence-corrected chi connectivity index (χ2v) is 4.57. The summed E-state index contributed by atoms with van der Waals surface area (Å²) >= 11 is 2.13. The van der Waals surface area contributed by atoms with Crippen molar-refractivity contribution in [2.75, 3.05) is 0 Å². The van der Waals surface area contributed by atoms with Crippen LogP contribution in [0.5, 0.6) is 0 Å². The second kappa shape index (κ2) is 3.41. The van der Waals surface area contributed by atoms with Crippen molar-refractivity contribution in [3.8, 4) is 0 Å². The molecule has 0 aliphatic heterocycles. The number of benzene rings is 2. The van der Waals surface area contributed by atoms with E-state index in [0.717, 1.165) is 21.8 Å². The van der Waals surface area contributed by atoms with Crippen LogP contribution < -0.4 is 0 Å². The van der Waals surface area contributed by atoms with Gasteiger partial charge < -0.3 is 0 Å². The molecule has 0 aliphatic carbocycles. The highest BCUT2D eigenvalue weighted by Crippen LogP contribution is 2.31. The van der Waals surface area contributed by atoms with E-state index in [9.17, 15) is 8.78 Å². The van der Waals surface area contributed by atoms with Crippen molar-refractivity contribution in [2.45, 2.75) is 0 Å². The summed E-state index contributed by atoms with van der Waals surface area (Å²) in [5.41, 5.74) is 1.78. The molecule has 4 heteroatoms. The summed E-state index contributed by atoms with van der Waals surface area (Å²) in [5, 5.41) is 1.48. The van der Waals surface area contributed by atoms with Gasteiger partial charge in [-0.1, -0.05) is 0 Å². The van der Waals surface area contributed by atoms with Crippen LogP contribution >= 0.6 is 22.9 Å². The minimum absolute atomic E-state index is 0.305. The van der Waals surface area contributed by atoms with E-state index in [0.29, 0.717) is 0 Å². The molecule has 2 aromatic carbocycles. The molecule has 0 bridgehead atoms. The molecule has 0 unspecified atom stereocenters. The molecule has 0 saturated carbocycles. The van der Waals surface area contributed by atoms with Gasteiger partial charge in [0.05, 0.1) is 33.9 Å². The largest absolute Gasteiger partial charge is 0.282 e. The van der Waals surface area contributed by atoms with Crippen LogP contribution in [0.2, 0.25) is 0 Å². The Morgan fingerprint density at radius 2 is 1.25 bits per heavy atom. The van der Waals surface area contributed by atoms with E-state index in [-0.39, 0.29) is 11.6 Å². The van der Waals surface area contributed by atoms with Gasteiger partial charge in [0.2, 0.25) is 0 Å². The number of hydrogen-bond donors (Lipinski definition) is 0. The second-order valence-electron chi connectivity index (χ2n) is 3.60. The van der Waals surface area contributed by atoms with Crippen molar-refractivity contribution < 1.29 is 8.78 Å². The van der Waals surface area contributed by atoms with Crippen LogP contribution in [0, 0.1) is 11.6 Å². The first-order valence-electron chi connectivity index (χ1n) is 4.72. The Balaban J connectivity index is 2.60. The van der Waals surface area contributed by atoms with Gasteiger partial charge in [-0.15, -0.1) is 0 Å². The Bertz CT molecular complexity index is 644. The quantitative estimate of drug-likeness (QED) is 0.543. The molecule has 80 valence electrons. The molecule has 0 atom stereocenters. The third-order valence-electron chi connectivity index (χ3n) is 2.63. The highest BCUT2D eigenvalue weighted by molar-refractivity contribution is 14.1. The van der Waals surface area contributed by atoms with Crippen molar-refractivity contribution in [1.29, 1.82) is 0 Å². The topological polar surface area (TPSA) is 4.93 Å². The van der Waals surface area contributed by atoms with Gasteiger partial charge in [-0.3, -0.25) is 2.78 Å². The van der Waals surface area contributed by atoms with Gasteiger partial charge in [0, 0.05) is 10.8 Å². The average molecular weight is 329 g/mol. The van der Waals surface area contributed by atoms with E-state index in [1.54, 1.807) is 12.1 Å². The van der Waals surface area contributed by atoms with Gasteiger partial charge in [0.1, 0.15) is 11.6 Å². The van der Waals surface area contributed by atoms with Crippen LogP contribution in [0.1, 0.15) is 0 Å². The zero-order valence-corrected chi connectivity index (χ0v) is 10.2. The summed E-state index contributed by atoms with van der Waals surface area (Å²) in [6.45, 7) is 0. The molecule has 1 nitrogen and oxygen atoms in total. The number of halogens is 3. The van der Waals surface area contributed by atoms with E-state index >= 15 is 0 Å². The van der Waals surface area contributed by atoms with E-state index in [2.05, 4.69) is 22.9 Å². The van der Waals surface area contributed by atoms with Crippen molar-refractivity contribution in [2.24, 2.45) is 0 Å². The Labute approximate surface area is 104 Å². The Morgan fingerprint density at radius 1 is 0.812 bits per heavy atom. The summed E-state index contributed by atoms with van der Waals surface area (Å²) in [7, 11) is 0. The van der Waals surface area contributed by atoms with Gasteiger partial charge >= 0.3 is 0 Å². The maximum Gasteiger partial charge on any atom is 0.123 e.